The van der Waals surface area contributed by atoms with Crippen LogP contribution in [0.25, 0.3) is 0 Å². The van der Waals surface area contributed by atoms with E-state index in [0.717, 1.165) is 23.3 Å². The van der Waals surface area contributed by atoms with E-state index in [1.165, 1.54) is 0 Å². The maximum absolute atomic E-state index is 12.5. The molecule has 0 aliphatic carbocycles. The fourth-order valence-electron chi connectivity index (χ4n) is 3.22. The van der Waals surface area contributed by atoms with Crippen LogP contribution in [0.1, 0.15) is 39.1 Å². The first-order valence-electron chi connectivity index (χ1n) is 7.93. The number of aryl methyl sites for hydroxylation is 1. The van der Waals surface area contributed by atoms with E-state index in [4.69, 9.17) is 0 Å². The molecular formula is C17H22ClN3O3. The summed E-state index contributed by atoms with van der Waals surface area (Å²) in [5.41, 5.74) is 1.71. The number of hydrogen-bond acceptors (Lipinski definition) is 4. The van der Waals surface area contributed by atoms with Gasteiger partial charge in [0.1, 0.15) is 6.54 Å². The zero-order chi connectivity index (χ0) is 16.6. The summed E-state index contributed by atoms with van der Waals surface area (Å²) in [6, 6.07) is 5.44. The maximum Gasteiger partial charge on any atom is 0.262 e. The highest BCUT2D eigenvalue weighted by Gasteiger charge is 2.37. The summed E-state index contributed by atoms with van der Waals surface area (Å²) in [6.45, 7) is 3.00. The molecule has 2 heterocycles. The highest BCUT2D eigenvalue weighted by molar-refractivity contribution is 6.22. The van der Waals surface area contributed by atoms with E-state index in [1.54, 1.807) is 23.1 Å². The molecule has 2 aliphatic heterocycles. The minimum Gasteiger partial charge on any atom is -0.340 e. The molecule has 1 N–H and O–H groups in total. The molecule has 1 aromatic rings. The molecule has 3 amide bonds. The summed E-state index contributed by atoms with van der Waals surface area (Å²) in [5.74, 6) is -0.916. The molecule has 1 atom stereocenters. The summed E-state index contributed by atoms with van der Waals surface area (Å²) in [4.78, 5) is 40.1. The molecule has 0 bridgehead atoms. The number of hydrogen-bond donors (Lipinski definition) is 1. The predicted octanol–water partition coefficient (Wildman–Crippen LogP) is 1.22. The molecule has 7 heteroatoms. The number of likely N-dealkylation sites (tertiary alicyclic amines) is 1. The van der Waals surface area contributed by atoms with E-state index in [2.05, 4.69) is 5.32 Å². The molecule has 6 nitrogen and oxygen atoms in total. The van der Waals surface area contributed by atoms with Crippen molar-refractivity contribution in [3.63, 3.8) is 0 Å². The Bertz CT molecular complexity index is 677. The van der Waals surface area contributed by atoms with Crippen molar-refractivity contribution in [2.75, 3.05) is 26.7 Å². The second-order valence-corrected chi connectivity index (χ2v) is 6.21. The summed E-state index contributed by atoms with van der Waals surface area (Å²) >= 11 is 0. The van der Waals surface area contributed by atoms with E-state index in [1.807, 2.05) is 14.0 Å². The van der Waals surface area contributed by atoms with Gasteiger partial charge in [0.05, 0.1) is 11.1 Å². The first-order chi connectivity index (χ1) is 11.0. The van der Waals surface area contributed by atoms with Crippen LogP contribution in [0.15, 0.2) is 18.2 Å². The number of benzene rings is 1. The molecule has 1 aromatic carbocycles. The zero-order valence-electron chi connectivity index (χ0n) is 13.9. The number of rotatable bonds is 3. The van der Waals surface area contributed by atoms with Crippen molar-refractivity contribution in [3.05, 3.63) is 34.9 Å². The number of carbonyl (C=O) groups excluding carboxylic acids is 3. The lowest BCUT2D eigenvalue weighted by molar-refractivity contribution is -0.132. The molecule has 2 aliphatic rings. The Morgan fingerprint density at radius 1 is 1.25 bits per heavy atom. The number of nitrogens with one attached hydrogen (secondary N) is 1. The van der Waals surface area contributed by atoms with Gasteiger partial charge in [-0.1, -0.05) is 11.6 Å². The first kappa shape index (κ1) is 18.4. The highest BCUT2D eigenvalue weighted by Crippen LogP contribution is 2.24. The largest absolute Gasteiger partial charge is 0.340 e. The zero-order valence-corrected chi connectivity index (χ0v) is 14.7. The van der Waals surface area contributed by atoms with E-state index in [9.17, 15) is 14.4 Å². The van der Waals surface area contributed by atoms with Crippen LogP contribution in [0.2, 0.25) is 0 Å². The van der Waals surface area contributed by atoms with Crippen molar-refractivity contribution in [1.29, 1.82) is 0 Å². The fourth-order valence-corrected chi connectivity index (χ4v) is 3.22. The molecule has 0 radical (unpaired) electrons. The lowest BCUT2D eigenvalue weighted by Crippen LogP contribution is -2.50. The van der Waals surface area contributed by atoms with Crippen LogP contribution in [-0.2, 0) is 4.79 Å². The minimum absolute atomic E-state index is 0. The molecule has 24 heavy (non-hydrogen) atoms. The van der Waals surface area contributed by atoms with Gasteiger partial charge in [-0.3, -0.25) is 19.3 Å². The standard InChI is InChI=1S/C17H21N3O3.ClH/c1-11-5-6-13-14(8-11)17(23)20(16(13)22)10-15(21)19-7-3-4-12(9-19)18-2;/h5-6,8,12,18H,3-4,7,9-10H2,1-2H3;1H. The number of halogens is 1. The van der Waals surface area contributed by atoms with Crippen molar-refractivity contribution < 1.29 is 14.4 Å². The molecule has 3 rings (SSSR count). The van der Waals surface area contributed by atoms with Crippen LogP contribution in [0.3, 0.4) is 0 Å². The van der Waals surface area contributed by atoms with Gasteiger partial charge in [-0.25, -0.2) is 0 Å². The van der Waals surface area contributed by atoms with Gasteiger partial charge in [-0.15, -0.1) is 12.4 Å². The maximum atomic E-state index is 12.5. The third-order valence-corrected chi connectivity index (χ3v) is 4.60. The summed E-state index contributed by atoms with van der Waals surface area (Å²) in [7, 11) is 1.88. The van der Waals surface area contributed by atoms with Gasteiger partial charge in [-0.2, -0.15) is 0 Å². The van der Waals surface area contributed by atoms with Crippen LogP contribution in [-0.4, -0.2) is 60.2 Å². The van der Waals surface area contributed by atoms with Crippen LogP contribution < -0.4 is 5.32 Å². The molecule has 0 aromatic heterocycles. The lowest BCUT2D eigenvalue weighted by atomic mass is 10.1. The van der Waals surface area contributed by atoms with Gasteiger partial charge < -0.3 is 10.2 Å². The summed E-state index contributed by atoms with van der Waals surface area (Å²) < 4.78 is 0. The number of amides is 3. The fraction of sp³-hybridized carbons (Fsp3) is 0.471. The minimum atomic E-state index is -0.375. The van der Waals surface area contributed by atoms with Crippen molar-refractivity contribution in [3.8, 4) is 0 Å². The van der Waals surface area contributed by atoms with E-state index in [-0.39, 0.29) is 42.7 Å². The quantitative estimate of drug-likeness (QED) is 0.831. The van der Waals surface area contributed by atoms with Crippen LogP contribution >= 0.6 is 12.4 Å². The second kappa shape index (κ2) is 7.32. The molecule has 0 saturated carbocycles. The number of likely N-dealkylation sites (N-methyl/N-ethyl adjacent to an activating group) is 1. The Balaban J connectivity index is 0.00000208. The number of nitrogens with zero attached hydrogens (tertiary/aromatic N) is 2. The molecule has 1 unspecified atom stereocenters. The Morgan fingerprint density at radius 2 is 1.96 bits per heavy atom. The third-order valence-electron chi connectivity index (χ3n) is 4.60. The SMILES string of the molecule is CNC1CCCN(C(=O)CN2C(=O)c3ccc(C)cc3C2=O)C1.Cl. The molecule has 1 fully saturated rings. The van der Waals surface area contributed by atoms with Crippen molar-refractivity contribution >= 4 is 30.1 Å². The highest BCUT2D eigenvalue weighted by atomic mass is 35.5. The van der Waals surface area contributed by atoms with E-state index >= 15 is 0 Å². The van der Waals surface area contributed by atoms with Gasteiger partial charge in [0, 0.05) is 19.1 Å². The smallest absolute Gasteiger partial charge is 0.262 e. The average molecular weight is 352 g/mol. The number of carbonyl (C=O) groups is 3. The van der Waals surface area contributed by atoms with Crippen LogP contribution in [0.5, 0.6) is 0 Å². The van der Waals surface area contributed by atoms with Gasteiger partial charge in [-0.05, 0) is 38.9 Å². The molecule has 130 valence electrons. The van der Waals surface area contributed by atoms with E-state index in [0.29, 0.717) is 24.2 Å². The summed E-state index contributed by atoms with van der Waals surface area (Å²) in [5, 5.41) is 3.18. The summed E-state index contributed by atoms with van der Waals surface area (Å²) in [6.07, 6.45) is 1.96. The van der Waals surface area contributed by atoms with Crippen LogP contribution in [0.4, 0.5) is 0 Å². The average Bonchev–Trinajstić information content (AvgIpc) is 2.79. The molecule has 0 spiro atoms. The van der Waals surface area contributed by atoms with Gasteiger partial charge in [0.15, 0.2) is 0 Å². The Morgan fingerprint density at radius 3 is 2.67 bits per heavy atom. The van der Waals surface area contributed by atoms with Gasteiger partial charge in [0.25, 0.3) is 11.8 Å². The monoisotopic (exact) mass is 351 g/mol. The second-order valence-electron chi connectivity index (χ2n) is 6.21. The Hall–Kier alpha value is -1.92. The first-order valence-corrected chi connectivity index (χ1v) is 7.93. The number of imide groups is 1. The normalized spacial score (nSPS) is 20.0. The number of fused-ring (bicyclic) bond motifs is 1. The molecule has 1 saturated heterocycles. The lowest BCUT2D eigenvalue weighted by Gasteiger charge is -2.33. The van der Waals surface area contributed by atoms with Gasteiger partial charge in [0.2, 0.25) is 5.91 Å². The topological polar surface area (TPSA) is 69.7 Å². The van der Waals surface area contributed by atoms with Crippen molar-refractivity contribution in [2.24, 2.45) is 0 Å². The van der Waals surface area contributed by atoms with Crippen molar-refractivity contribution in [2.45, 2.75) is 25.8 Å². The Labute approximate surface area is 147 Å². The predicted molar refractivity (Wildman–Crippen MR) is 92.5 cm³/mol. The van der Waals surface area contributed by atoms with Crippen LogP contribution in [0, 0.1) is 6.92 Å². The third kappa shape index (κ3) is 3.30. The number of piperidine rings is 1. The Kier molecular flexibility index (Phi) is 5.62. The molecular weight excluding hydrogens is 330 g/mol. The van der Waals surface area contributed by atoms with E-state index < -0.39 is 0 Å². The van der Waals surface area contributed by atoms with Gasteiger partial charge >= 0.3 is 0 Å². The van der Waals surface area contributed by atoms with Crippen molar-refractivity contribution in [1.82, 2.24) is 15.1 Å².